The van der Waals surface area contributed by atoms with E-state index >= 15 is 0 Å². The third-order valence-corrected chi connectivity index (χ3v) is 3.10. The van der Waals surface area contributed by atoms with Crippen molar-refractivity contribution < 1.29 is 9.53 Å². The molecule has 1 aromatic rings. The summed E-state index contributed by atoms with van der Waals surface area (Å²) < 4.78 is 7.19. The Bertz CT molecular complexity index is 470. The van der Waals surface area contributed by atoms with Crippen LogP contribution in [0, 0.1) is 0 Å². The minimum atomic E-state index is -0.461. The zero-order chi connectivity index (χ0) is 14.2. The first-order valence-corrected chi connectivity index (χ1v) is 6.73. The van der Waals surface area contributed by atoms with Crippen LogP contribution in [0.15, 0.2) is 6.07 Å². The predicted molar refractivity (Wildman–Crippen MR) is 72.9 cm³/mol. The van der Waals surface area contributed by atoms with Crippen molar-refractivity contribution in [3.05, 3.63) is 17.5 Å². The number of ether oxygens (including phenoxy) is 1. The summed E-state index contributed by atoms with van der Waals surface area (Å²) in [6.07, 6.45) is 2.16. The molecule has 1 aliphatic carbocycles. The molecule has 5 heteroatoms. The first-order chi connectivity index (χ1) is 8.76. The molecule has 0 unspecified atom stereocenters. The number of nitrogens with zero attached hydrogens (tertiary/aromatic N) is 3. The molecule has 1 heterocycles. The summed E-state index contributed by atoms with van der Waals surface area (Å²) in [6.45, 7) is 6.13. The third-order valence-electron chi connectivity index (χ3n) is 3.10. The van der Waals surface area contributed by atoms with E-state index in [1.54, 1.807) is 11.9 Å². The molecule has 0 saturated heterocycles. The van der Waals surface area contributed by atoms with Crippen LogP contribution in [0.25, 0.3) is 0 Å². The highest BCUT2D eigenvalue weighted by Gasteiger charge is 2.27. The van der Waals surface area contributed by atoms with Gasteiger partial charge in [0.15, 0.2) is 0 Å². The van der Waals surface area contributed by atoms with Gasteiger partial charge in [0.25, 0.3) is 0 Å². The lowest BCUT2D eigenvalue weighted by Gasteiger charge is -2.24. The smallest absolute Gasteiger partial charge is 0.410 e. The molecule has 0 aliphatic heterocycles. The van der Waals surface area contributed by atoms with Crippen molar-refractivity contribution in [2.45, 2.75) is 51.7 Å². The number of hydrogen-bond donors (Lipinski definition) is 0. The molecule has 1 fully saturated rings. The largest absolute Gasteiger partial charge is 0.444 e. The van der Waals surface area contributed by atoms with Gasteiger partial charge in [-0.05, 0) is 39.7 Å². The second kappa shape index (κ2) is 4.87. The molecule has 0 atom stereocenters. The van der Waals surface area contributed by atoms with Crippen LogP contribution in [0.3, 0.4) is 0 Å². The average molecular weight is 265 g/mol. The van der Waals surface area contributed by atoms with E-state index in [9.17, 15) is 4.79 Å². The Labute approximate surface area is 114 Å². The van der Waals surface area contributed by atoms with Crippen molar-refractivity contribution in [3.63, 3.8) is 0 Å². The van der Waals surface area contributed by atoms with E-state index in [0.29, 0.717) is 12.5 Å². The molecule has 1 saturated carbocycles. The summed E-state index contributed by atoms with van der Waals surface area (Å²) in [6, 6.07) is 2.10. The molecule has 0 bridgehead atoms. The first-order valence-electron chi connectivity index (χ1n) is 6.73. The van der Waals surface area contributed by atoms with Crippen LogP contribution in [0.2, 0.25) is 0 Å². The highest BCUT2D eigenvalue weighted by molar-refractivity contribution is 5.67. The van der Waals surface area contributed by atoms with Crippen LogP contribution in [0.4, 0.5) is 4.79 Å². The fourth-order valence-corrected chi connectivity index (χ4v) is 1.90. The normalized spacial score (nSPS) is 15.4. The SMILES string of the molecule is CN(Cc1cc(C2CC2)nn1C)C(=O)OC(C)(C)C. The number of carbonyl (C=O) groups is 1. The molecule has 19 heavy (non-hydrogen) atoms. The van der Waals surface area contributed by atoms with Gasteiger partial charge in [0, 0.05) is 20.0 Å². The second-order valence-corrected chi connectivity index (χ2v) is 6.29. The van der Waals surface area contributed by atoms with Crippen LogP contribution in [0.5, 0.6) is 0 Å². The number of aryl methyl sites for hydroxylation is 1. The lowest BCUT2D eigenvalue weighted by Crippen LogP contribution is -2.34. The zero-order valence-electron chi connectivity index (χ0n) is 12.4. The minimum Gasteiger partial charge on any atom is -0.444 e. The lowest BCUT2D eigenvalue weighted by molar-refractivity contribution is 0.0281. The molecule has 1 aromatic heterocycles. The first kappa shape index (κ1) is 13.9. The standard InChI is InChI=1S/C14H23N3O2/c1-14(2,3)19-13(18)16(4)9-11-8-12(10-6-7-10)15-17(11)5/h8,10H,6-7,9H2,1-5H3. The van der Waals surface area contributed by atoms with Crippen molar-refractivity contribution in [3.8, 4) is 0 Å². The molecule has 1 aliphatic rings. The van der Waals surface area contributed by atoms with Crippen molar-refractivity contribution in [1.82, 2.24) is 14.7 Å². The topological polar surface area (TPSA) is 47.4 Å². The molecule has 2 rings (SSSR count). The lowest BCUT2D eigenvalue weighted by atomic mass is 10.2. The summed E-state index contributed by atoms with van der Waals surface area (Å²) in [7, 11) is 3.67. The van der Waals surface area contributed by atoms with Gasteiger partial charge in [-0.1, -0.05) is 0 Å². The Morgan fingerprint density at radius 1 is 1.53 bits per heavy atom. The Balaban J connectivity index is 1.98. The van der Waals surface area contributed by atoms with Crippen LogP contribution in [-0.4, -0.2) is 33.4 Å². The van der Waals surface area contributed by atoms with E-state index in [1.165, 1.54) is 12.8 Å². The summed E-state index contributed by atoms with van der Waals surface area (Å²) >= 11 is 0. The van der Waals surface area contributed by atoms with Gasteiger partial charge < -0.3 is 9.64 Å². The average Bonchev–Trinajstić information content (AvgIpc) is 3.03. The Kier molecular flexibility index (Phi) is 3.56. The van der Waals surface area contributed by atoms with Crippen molar-refractivity contribution in [2.24, 2.45) is 7.05 Å². The summed E-state index contributed by atoms with van der Waals surface area (Å²) in [5.74, 6) is 0.631. The van der Waals surface area contributed by atoms with Gasteiger partial charge in [-0.3, -0.25) is 4.68 Å². The van der Waals surface area contributed by atoms with Crippen molar-refractivity contribution in [2.75, 3.05) is 7.05 Å². The van der Waals surface area contributed by atoms with Crippen LogP contribution in [-0.2, 0) is 18.3 Å². The number of aromatic nitrogens is 2. The van der Waals surface area contributed by atoms with Crippen LogP contribution in [0.1, 0.15) is 50.9 Å². The highest BCUT2D eigenvalue weighted by atomic mass is 16.6. The number of carbonyl (C=O) groups excluding carboxylic acids is 1. The molecule has 106 valence electrons. The fourth-order valence-electron chi connectivity index (χ4n) is 1.90. The third kappa shape index (κ3) is 3.72. The Morgan fingerprint density at radius 3 is 2.68 bits per heavy atom. The number of amides is 1. The van der Waals surface area contributed by atoms with Gasteiger partial charge in [-0.25, -0.2) is 4.79 Å². The van der Waals surface area contributed by atoms with Crippen molar-refractivity contribution >= 4 is 6.09 Å². The molecule has 0 radical (unpaired) electrons. The number of hydrogen-bond acceptors (Lipinski definition) is 3. The van der Waals surface area contributed by atoms with E-state index in [-0.39, 0.29) is 6.09 Å². The molecular weight excluding hydrogens is 242 g/mol. The summed E-state index contributed by atoms with van der Waals surface area (Å²) in [5, 5.41) is 4.50. The molecule has 0 aromatic carbocycles. The van der Waals surface area contributed by atoms with Gasteiger partial charge in [-0.2, -0.15) is 5.10 Å². The predicted octanol–water partition coefficient (Wildman–Crippen LogP) is 2.66. The molecule has 0 spiro atoms. The van der Waals surface area contributed by atoms with E-state index in [4.69, 9.17) is 4.74 Å². The van der Waals surface area contributed by atoms with E-state index in [1.807, 2.05) is 32.5 Å². The second-order valence-electron chi connectivity index (χ2n) is 6.29. The Hall–Kier alpha value is -1.52. The maximum atomic E-state index is 11.9. The van der Waals surface area contributed by atoms with E-state index < -0.39 is 5.60 Å². The van der Waals surface area contributed by atoms with Crippen molar-refractivity contribution in [1.29, 1.82) is 0 Å². The van der Waals surface area contributed by atoms with E-state index in [0.717, 1.165) is 11.4 Å². The maximum absolute atomic E-state index is 11.9. The molecular formula is C14H23N3O2. The Morgan fingerprint density at radius 2 is 2.16 bits per heavy atom. The quantitative estimate of drug-likeness (QED) is 0.844. The molecule has 0 N–H and O–H groups in total. The number of rotatable bonds is 3. The van der Waals surface area contributed by atoms with Gasteiger partial charge >= 0.3 is 6.09 Å². The van der Waals surface area contributed by atoms with Gasteiger partial charge in [0.2, 0.25) is 0 Å². The molecule has 1 amide bonds. The summed E-state index contributed by atoms with van der Waals surface area (Å²) in [4.78, 5) is 13.5. The van der Waals surface area contributed by atoms with Gasteiger partial charge in [-0.15, -0.1) is 0 Å². The van der Waals surface area contributed by atoms with Gasteiger partial charge in [0.05, 0.1) is 17.9 Å². The molecule has 5 nitrogen and oxygen atoms in total. The fraction of sp³-hybridized carbons (Fsp3) is 0.714. The highest BCUT2D eigenvalue weighted by Crippen LogP contribution is 2.39. The van der Waals surface area contributed by atoms with E-state index in [2.05, 4.69) is 11.2 Å². The van der Waals surface area contributed by atoms with Crippen LogP contribution < -0.4 is 0 Å². The van der Waals surface area contributed by atoms with Crippen LogP contribution >= 0.6 is 0 Å². The summed E-state index contributed by atoms with van der Waals surface area (Å²) in [5.41, 5.74) is 1.72. The van der Waals surface area contributed by atoms with Gasteiger partial charge in [0.1, 0.15) is 5.60 Å². The zero-order valence-corrected chi connectivity index (χ0v) is 12.4. The minimum absolute atomic E-state index is 0.304. The monoisotopic (exact) mass is 265 g/mol. The maximum Gasteiger partial charge on any atom is 0.410 e.